The van der Waals surface area contributed by atoms with Gasteiger partial charge in [-0.25, -0.2) is 4.21 Å². The molecule has 1 N–H and O–H groups in total. The number of hydrogen-bond acceptors (Lipinski definition) is 2. The number of aryl methyl sites for hydroxylation is 1. The SMILES string of the molecule is Cc1ccc([S@](=O)C(=C\CCCCI)/C=C/CO)cc1. The van der Waals surface area contributed by atoms with Crippen LogP contribution in [0.15, 0.2) is 52.3 Å². The van der Waals surface area contributed by atoms with E-state index in [2.05, 4.69) is 22.6 Å². The van der Waals surface area contributed by atoms with E-state index in [-0.39, 0.29) is 6.61 Å². The Bertz CT molecular complexity index is 478. The molecule has 0 spiro atoms. The van der Waals surface area contributed by atoms with Gasteiger partial charge in [0.05, 0.1) is 17.4 Å². The van der Waals surface area contributed by atoms with Crippen molar-refractivity contribution < 1.29 is 9.32 Å². The first kappa shape index (κ1) is 17.6. The highest BCUT2D eigenvalue weighted by Gasteiger charge is 2.07. The largest absolute Gasteiger partial charge is 0.392 e. The number of aliphatic hydroxyl groups is 1. The topological polar surface area (TPSA) is 37.3 Å². The van der Waals surface area contributed by atoms with Gasteiger partial charge in [0.2, 0.25) is 0 Å². The van der Waals surface area contributed by atoms with Gasteiger partial charge in [-0.05, 0) is 48.8 Å². The number of alkyl halides is 1. The lowest BCUT2D eigenvalue weighted by atomic mass is 10.2. The van der Waals surface area contributed by atoms with E-state index in [1.54, 1.807) is 12.2 Å². The second-order valence-corrected chi connectivity index (χ2v) is 7.02. The summed E-state index contributed by atoms with van der Waals surface area (Å²) in [5.74, 6) is 0. The highest BCUT2D eigenvalue weighted by Crippen LogP contribution is 2.17. The minimum Gasteiger partial charge on any atom is -0.392 e. The Balaban J connectivity index is 2.83. The number of hydrogen-bond donors (Lipinski definition) is 1. The van der Waals surface area contributed by atoms with Gasteiger partial charge >= 0.3 is 0 Å². The zero-order valence-corrected chi connectivity index (χ0v) is 14.7. The van der Waals surface area contributed by atoms with Gasteiger partial charge in [0.1, 0.15) is 0 Å². The predicted octanol–water partition coefficient (Wildman–Crippen LogP) is 4.14. The molecular formula is C16H21IO2S. The fourth-order valence-electron chi connectivity index (χ4n) is 1.66. The molecular weight excluding hydrogens is 383 g/mol. The van der Waals surface area contributed by atoms with E-state index in [1.165, 1.54) is 6.42 Å². The van der Waals surface area contributed by atoms with E-state index in [4.69, 9.17) is 5.11 Å². The Morgan fingerprint density at radius 2 is 2.00 bits per heavy atom. The van der Waals surface area contributed by atoms with Gasteiger partial charge in [0.15, 0.2) is 0 Å². The van der Waals surface area contributed by atoms with Crippen LogP contribution in [-0.2, 0) is 10.8 Å². The van der Waals surface area contributed by atoms with Crippen molar-refractivity contribution in [2.75, 3.05) is 11.0 Å². The maximum atomic E-state index is 12.5. The summed E-state index contributed by atoms with van der Waals surface area (Å²) in [5, 5.41) is 8.90. The van der Waals surface area contributed by atoms with Gasteiger partial charge in [-0.3, -0.25) is 0 Å². The molecule has 0 unspecified atom stereocenters. The summed E-state index contributed by atoms with van der Waals surface area (Å²) in [7, 11) is -1.18. The predicted molar refractivity (Wildman–Crippen MR) is 94.6 cm³/mol. The quantitative estimate of drug-likeness (QED) is 0.306. The molecule has 20 heavy (non-hydrogen) atoms. The van der Waals surface area contributed by atoms with Crippen molar-refractivity contribution in [1.29, 1.82) is 0 Å². The van der Waals surface area contributed by atoms with Crippen LogP contribution in [0, 0.1) is 6.92 Å². The maximum absolute atomic E-state index is 12.5. The molecule has 4 heteroatoms. The van der Waals surface area contributed by atoms with E-state index in [1.807, 2.05) is 37.3 Å². The zero-order chi connectivity index (χ0) is 14.8. The molecule has 0 saturated heterocycles. The van der Waals surface area contributed by atoms with Crippen LogP contribution in [0.4, 0.5) is 0 Å². The highest BCUT2D eigenvalue weighted by molar-refractivity contribution is 14.1. The Labute approximate surface area is 137 Å². The smallest absolute Gasteiger partial charge is 0.0846 e. The van der Waals surface area contributed by atoms with Gasteiger partial charge < -0.3 is 5.11 Å². The van der Waals surface area contributed by atoms with Crippen molar-refractivity contribution in [2.24, 2.45) is 0 Å². The number of unbranched alkanes of at least 4 members (excludes halogenated alkanes) is 2. The van der Waals surface area contributed by atoms with Crippen molar-refractivity contribution >= 4 is 33.4 Å². The highest BCUT2D eigenvalue weighted by atomic mass is 127. The molecule has 1 rings (SSSR count). The Morgan fingerprint density at radius 3 is 2.60 bits per heavy atom. The van der Waals surface area contributed by atoms with Crippen LogP contribution in [0.25, 0.3) is 0 Å². The molecule has 0 saturated carbocycles. The molecule has 0 aliphatic heterocycles. The van der Waals surface area contributed by atoms with Gasteiger partial charge in [0, 0.05) is 9.80 Å². The average Bonchev–Trinajstić information content (AvgIpc) is 2.47. The molecule has 0 radical (unpaired) electrons. The average molecular weight is 404 g/mol. The third-order valence-corrected chi connectivity index (χ3v) is 4.96. The third kappa shape index (κ3) is 6.33. The lowest BCUT2D eigenvalue weighted by Crippen LogP contribution is -1.95. The summed E-state index contributed by atoms with van der Waals surface area (Å²) in [5.41, 5.74) is 1.16. The van der Waals surface area contributed by atoms with Crippen molar-refractivity contribution in [3.63, 3.8) is 0 Å². The van der Waals surface area contributed by atoms with E-state index in [0.717, 1.165) is 32.6 Å². The van der Waals surface area contributed by atoms with Crippen LogP contribution in [0.1, 0.15) is 24.8 Å². The molecule has 0 bridgehead atoms. The van der Waals surface area contributed by atoms with Crippen LogP contribution < -0.4 is 0 Å². The van der Waals surface area contributed by atoms with E-state index < -0.39 is 10.8 Å². The number of allylic oxidation sites excluding steroid dienone is 2. The third-order valence-electron chi connectivity index (χ3n) is 2.77. The normalized spacial score (nSPS) is 13.8. The van der Waals surface area contributed by atoms with Crippen molar-refractivity contribution in [2.45, 2.75) is 31.1 Å². The minimum absolute atomic E-state index is 0.0316. The van der Waals surface area contributed by atoms with Crippen LogP contribution >= 0.6 is 22.6 Å². The molecule has 0 aliphatic carbocycles. The maximum Gasteiger partial charge on any atom is 0.0846 e. The summed E-state index contributed by atoms with van der Waals surface area (Å²) >= 11 is 2.37. The van der Waals surface area contributed by atoms with E-state index >= 15 is 0 Å². The minimum atomic E-state index is -1.18. The first-order chi connectivity index (χ1) is 9.69. The Hall–Kier alpha value is -0.460. The molecule has 0 amide bonds. The Kier molecular flexibility index (Phi) is 9.05. The van der Waals surface area contributed by atoms with E-state index in [0.29, 0.717) is 0 Å². The lowest BCUT2D eigenvalue weighted by Gasteiger charge is -2.04. The zero-order valence-electron chi connectivity index (χ0n) is 11.7. The fraction of sp³-hybridized carbons (Fsp3) is 0.375. The van der Waals surface area contributed by atoms with Crippen LogP contribution in [0.5, 0.6) is 0 Å². The summed E-state index contributed by atoms with van der Waals surface area (Å²) in [6.45, 7) is 1.98. The molecule has 0 fully saturated rings. The van der Waals surface area contributed by atoms with Crippen LogP contribution in [-0.4, -0.2) is 20.3 Å². The molecule has 0 aromatic heterocycles. The molecule has 0 aliphatic rings. The lowest BCUT2D eigenvalue weighted by molar-refractivity contribution is 0.342. The summed E-state index contributed by atoms with van der Waals surface area (Å²) in [6.07, 6.45) is 8.62. The van der Waals surface area contributed by atoms with E-state index in [9.17, 15) is 4.21 Å². The van der Waals surface area contributed by atoms with Crippen molar-refractivity contribution in [3.05, 3.63) is 53.0 Å². The molecule has 2 nitrogen and oxygen atoms in total. The number of rotatable bonds is 8. The van der Waals surface area contributed by atoms with Gasteiger partial charge in [0.25, 0.3) is 0 Å². The van der Waals surface area contributed by atoms with Gasteiger partial charge in [-0.1, -0.05) is 52.4 Å². The van der Waals surface area contributed by atoms with Crippen LogP contribution in [0.3, 0.4) is 0 Å². The first-order valence-electron chi connectivity index (χ1n) is 6.71. The van der Waals surface area contributed by atoms with Crippen molar-refractivity contribution in [3.8, 4) is 0 Å². The summed E-state index contributed by atoms with van der Waals surface area (Å²) < 4.78 is 13.7. The molecule has 1 aromatic carbocycles. The second-order valence-electron chi connectivity index (χ2n) is 4.46. The van der Waals surface area contributed by atoms with Gasteiger partial charge in [-0.2, -0.15) is 0 Å². The molecule has 1 atom stereocenters. The fourth-order valence-corrected chi connectivity index (χ4v) is 3.34. The molecule has 110 valence electrons. The van der Waals surface area contributed by atoms with Crippen molar-refractivity contribution in [1.82, 2.24) is 0 Å². The first-order valence-corrected chi connectivity index (χ1v) is 9.38. The summed E-state index contributed by atoms with van der Waals surface area (Å²) in [6, 6.07) is 7.74. The number of halogens is 1. The number of aliphatic hydroxyl groups excluding tert-OH is 1. The summed E-state index contributed by atoms with van der Waals surface area (Å²) in [4.78, 5) is 1.58. The molecule has 0 heterocycles. The van der Waals surface area contributed by atoms with Gasteiger partial charge in [-0.15, -0.1) is 0 Å². The van der Waals surface area contributed by atoms with Crippen LogP contribution in [0.2, 0.25) is 0 Å². The number of benzene rings is 1. The second kappa shape index (κ2) is 10.3. The standard InChI is InChI=1S/C16H21IO2S/c1-14-8-10-16(11-9-14)20(19)15(7-5-13-18)6-3-2-4-12-17/h5-11,18H,2-4,12-13H2,1H3/b7-5+,15-6-/t20-/m1/s1. The Morgan fingerprint density at radius 1 is 1.30 bits per heavy atom. The monoisotopic (exact) mass is 404 g/mol. The molecule has 1 aromatic rings.